The van der Waals surface area contributed by atoms with Crippen molar-refractivity contribution in [2.45, 2.75) is 45.1 Å². The Kier molecular flexibility index (Phi) is 9.06. The van der Waals surface area contributed by atoms with Crippen LogP contribution < -0.4 is 4.90 Å². The average molecular weight is 483 g/mol. The molecule has 2 N–H and O–H groups in total. The monoisotopic (exact) mass is 482 g/mol. The lowest BCUT2D eigenvalue weighted by Gasteiger charge is -2.43. The molecule has 4 rings (SSSR count). The third kappa shape index (κ3) is 6.10. The Morgan fingerprint density at radius 1 is 1.00 bits per heavy atom. The summed E-state index contributed by atoms with van der Waals surface area (Å²) in [6, 6.07) is 17.0. The highest BCUT2D eigenvalue weighted by atomic mass is 16.3. The van der Waals surface area contributed by atoms with Gasteiger partial charge >= 0.3 is 0 Å². The molecule has 0 aromatic heterocycles. The normalized spacial score (nSPS) is 18.1. The second kappa shape index (κ2) is 12.6. The number of anilines is 1. The van der Waals surface area contributed by atoms with E-state index >= 15 is 0 Å². The number of phenols is 1. The molecule has 0 spiro atoms. The van der Waals surface area contributed by atoms with Crippen LogP contribution in [0.5, 0.6) is 5.75 Å². The Balaban J connectivity index is 1.69. The number of aliphatic hydroxyl groups excluding tert-OH is 1. The van der Waals surface area contributed by atoms with Gasteiger partial charge in [-0.25, -0.2) is 0 Å². The van der Waals surface area contributed by atoms with E-state index in [1.807, 2.05) is 31.2 Å². The maximum Gasteiger partial charge on any atom is 0.115 e. The Morgan fingerprint density at radius 2 is 1.64 bits per heavy atom. The first-order valence-corrected chi connectivity index (χ1v) is 13.2. The second-order valence-corrected chi connectivity index (χ2v) is 9.65. The summed E-state index contributed by atoms with van der Waals surface area (Å²) in [6.07, 6.45) is 16.9. The van der Waals surface area contributed by atoms with Crippen LogP contribution in [-0.2, 0) is 0 Å². The van der Waals surface area contributed by atoms with E-state index in [0.717, 1.165) is 60.1 Å². The molecule has 0 amide bonds. The van der Waals surface area contributed by atoms with Gasteiger partial charge in [-0.2, -0.15) is 0 Å². The summed E-state index contributed by atoms with van der Waals surface area (Å²) in [7, 11) is 0. The van der Waals surface area contributed by atoms with Gasteiger partial charge in [-0.3, -0.25) is 4.90 Å². The van der Waals surface area contributed by atoms with E-state index in [0.29, 0.717) is 12.8 Å². The van der Waals surface area contributed by atoms with Gasteiger partial charge in [-0.1, -0.05) is 48.8 Å². The van der Waals surface area contributed by atoms with E-state index in [1.54, 1.807) is 18.2 Å². The third-order valence-electron chi connectivity index (χ3n) is 7.40. The molecule has 1 aliphatic heterocycles. The summed E-state index contributed by atoms with van der Waals surface area (Å²) in [6.45, 7) is 6.49. The van der Waals surface area contributed by atoms with Crippen molar-refractivity contribution >= 4 is 11.3 Å². The fourth-order valence-electron chi connectivity index (χ4n) is 5.25. The second-order valence-electron chi connectivity index (χ2n) is 9.65. The molecule has 36 heavy (non-hydrogen) atoms. The van der Waals surface area contributed by atoms with Gasteiger partial charge in [-0.15, -0.1) is 6.42 Å². The van der Waals surface area contributed by atoms with Crippen LogP contribution in [0.1, 0.15) is 50.2 Å². The number of allylic oxidation sites excluding steroid dienone is 5. The standard InChI is InChI=1S/C32H38N2O2/c1-3-7-25(8-4-2)31(11-6-24-35)32(27-14-18-30(36)19-15-27)26-12-16-29(17-13-26)34-22-20-33(21-23-34)28-9-5-10-28/h1,4,7-8,12-19,28,35-36H,5-6,9-11,20-24H2,2H3/b8-4-,25-7+,32-31+. The maximum absolute atomic E-state index is 9.91. The molecule has 0 bridgehead atoms. The van der Waals surface area contributed by atoms with E-state index < -0.39 is 0 Å². The number of aliphatic hydroxyl groups is 1. The molecule has 0 unspecified atom stereocenters. The molecule has 1 aliphatic carbocycles. The summed E-state index contributed by atoms with van der Waals surface area (Å²) in [5.74, 6) is 2.92. The van der Waals surface area contributed by atoms with Crippen LogP contribution in [0.25, 0.3) is 5.57 Å². The van der Waals surface area contributed by atoms with Crippen molar-refractivity contribution in [1.82, 2.24) is 4.90 Å². The Labute approximate surface area is 216 Å². The van der Waals surface area contributed by atoms with Crippen LogP contribution in [0.2, 0.25) is 0 Å². The smallest absolute Gasteiger partial charge is 0.115 e. The first-order valence-electron chi connectivity index (χ1n) is 13.2. The minimum atomic E-state index is 0.108. The third-order valence-corrected chi connectivity index (χ3v) is 7.40. The molecule has 2 aromatic carbocycles. The van der Waals surface area contributed by atoms with Crippen molar-refractivity contribution < 1.29 is 10.2 Å². The molecular weight excluding hydrogens is 444 g/mol. The molecule has 4 nitrogen and oxygen atoms in total. The van der Waals surface area contributed by atoms with Gasteiger partial charge in [0.1, 0.15) is 5.75 Å². The van der Waals surface area contributed by atoms with Gasteiger partial charge in [0, 0.05) is 44.5 Å². The SMILES string of the molecule is C#C/C=C(\C=C/C)C(/CCCO)=C(/c1ccc(O)cc1)c1ccc(N2CCN(C3CCC3)CC2)cc1. The number of rotatable bonds is 9. The van der Waals surface area contributed by atoms with Gasteiger partial charge in [0.25, 0.3) is 0 Å². The largest absolute Gasteiger partial charge is 0.508 e. The molecule has 0 atom stereocenters. The van der Waals surface area contributed by atoms with Crippen LogP contribution in [0.4, 0.5) is 5.69 Å². The Bertz CT molecular complexity index is 1120. The molecule has 2 aromatic rings. The van der Waals surface area contributed by atoms with Crippen molar-refractivity contribution in [2.75, 3.05) is 37.7 Å². The topological polar surface area (TPSA) is 46.9 Å². The minimum absolute atomic E-state index is 0.108. The molecule has 1 saturated carbocycles. The number of benzene rings is 2. The fraction of sp³-hybridized carbons (Fsp3) is 0.375. The molecule has 1 heterocycles. The van der Waals surface area contributed by atoms with Gasteiger partial charge in [0.05, 0.1) is 0 Å². The number of nitrogens with zero attached hydrogens (tertiary/aromatic N) is 2. The summed E-state index contributed by atoms with van der Waals surface area (Å²) in [5.41, 5.74) is 6.49. The van der Waals surface area contributed by atoms with Crippen LogP contribution in [0, 0.1) is 12.3 Å². The molecular formula is C32H38N2O2. The molecule has 2 aliphatic rings. The summed E-state index contributed by atoms with van der Waals surface area (Å²) in [5, 5.41) is 19.5. The number of phenolic OH excluding ortho intramolecular Hbond substituents is 1. The number of aromatic hydroxyl groups is 1. The highest BCUT2D eigenvalue weighted by Crippen LogP contribution is 2.35. The minimum Gasteiger partial charge on any atom is -0.508 e. The van der Waals surface area contributed by atoms with Gasteiger partial charge in [0.15, 0.2) is 0 Å². The zero-order valence-corrected chi connectivity index (χ0v) is 21.4. The summed E-state index contributed by atoms with van der Waals surface area (Å²) >= 11 is 0. The molecule has 0 radical (unpaired) electrons. The van der Waals surface area contributed by atoms with Crippen molar-refractivity contribution in [3.8, 4) is 18.1 Å². The average Bonchev–Trinajstić information content (AvgIpc) is 2.87. The lowest BCUT2D eigenvalue weighted by molar-refractivity contribution is 0.120. The van der Waals surface area contributed by atoms with Crippen molar-refractivity contribution in [3.63, 3.8) is 0 Å². The van der Waals surface area contributed by atoms with Crippen molar-refractivity contribution in [2.24, 2.45) is 0 Å². The number of piperazine rings is 1. The Morgan fingerprint density at radius 3 is 2.17 bits per heavy atom. The first-order chi connectivity index (χ1) is 17.6. The molecule has 1 saturated heterocycles. The van der Waals surface area contributed by atoms with Crippen molar-refractivity contribution in [3.05, 3.63) is 89.0 Å². The van der Waals surface area contributed by atoms with E-state index in [9.17, 15) is 10.2 Å². The zero-order chi connectivity index (χ0) is 25.3. The molecule has 188 valence electrons. The van der Waals surface area contributed by atoms with E-state index in [2.05, 4.69) is 40.0 Å². The highest BCUT2D eigenvalue weighted by molar-refractivity contribution is 5.86. The lowest BCUT2D eigenvalue weighted by Crippen LogP contribution is -2.52. The lowest BCUT2D eigenvalue weighted by atomic mass is 9.86. The first kappa shape index (κ1) is 25.8. The van der Waals surface area contributed by atoms with Gasteiger partial charge < -0.3 is 15.1 Å². The van der Waals surface area contributed by atoms with Gasteiger partial charge in [0.2, 0.25) is 0 Å². The van der Waals surface area contributed by atoms with E-state index in [-0.39, 0.29) is 12.4 Å². The highest BCUT2D eigenvalue weighted by Gasteiger charge is 2.28. The number of hydrogen-bond acceptors (Lipinski definition) is 4. The quantitative estimate of drug-likeness (QED) is 0.352. The van der Waals surface area contributed by atoms with E-state index in [1.165, 1.54) is 24.9 Å². The van der Waals surface area contributed by atoms with Crippen LogP contribution in [-0.4, -0.2) is 53.9 Å². The maximum atomic E-state index is 9.91. The van der Waals surface area contributed by atoms with Crippen LogP contribution in [0.3, 0.4) is 0 Å². The molecule has 4 heteroatoms. The zero-order valence-electron chi connectivity index (χ0n) is 21.4. The molecule has 2 fully saturated rings. The fourth-order valence-corrected chi connectivity index (χ4v) is 5.25. The van der Waals surface area contributed by atoms with Crippen molar-refractivity contribution in [1.29, 1.82) is 0 Å². The number of hydrogen-bond donors (Lipinski definition) is 2. The summed E-state index contributed by atoms with van der Waals surface area (Å²) < 4.78 is 0. The van der Waals surface area contributed by atoms with Crippen LogP contribution in [0.15, 0.2) is 77.9 Å². The predicted octanol–water partition coefficient (Wildman–Crippen LogP) is 5.78. The van der Waals surface area contributed by atoms with Gasteiger partial charge in [-0.05, 0) is 90.8 Å². The summed E-state index contributed by atoms with van der Waals surface area (Å²) in [4.78, 5) is 5.15. The number of terminal acetylenes is 1. The predicted molar refractivity (Wildman–Crippen MR) is 150 cm³/mol. The Hall–Kier alpha value is -3.26. The van der Waals surface area contributed by atoms with E-state index in [4.69, 9.17) is 6.42 Å². The van der Waals surface area contributed by atoms with Crippen LogP contribution >= 0.6 is 0 Å².